The maximum absolute atomic E-state index is 13.4. The quantitative estimate of drug-likeness (QED) is 0.220. The second kappa shape index (κ2) is 14.0. The number of halogens is 2. The van der Waals surface area contributed by atoms with E-state index in [-0.39, 0.29) is 17.6 Å². The molecule has 0 aliphatic carbocycles. The van der Waals surface area contributed by atoms with Gasteiger partial charge in [0.2, 0.25) is 0 Å². The first kappa shape index (κ1) is 28.4. The van der Waals surface area contributed by atoms with Gasteiger partial charge in [-0.3, -0.25) is 0 Å². The van der Waals surface area contributed by atoms with E-state index in [4.69, 9.17) is 19.8 Å². The SMILES string of the molecule is CN1CCC=C(c2nsnc2SCCCC(c2ccc(F)cc2)c2ccc(F)cc2)C1.O=C(O)C(=O)O. The van der Waals surface area contributed by atoms with Crippen molar-refractivity contribution in [2.75, 3.05) is 25.9 Å². The topological polar surface area (TPSA) is 104 Å². The fourth-order valence-corrected chi connectivity index (χ4v) is 5.58. The normalized spacial score (nSPS) is 13.6. The highest BCUT2D eigenvalue weighted by Gasteiger charge is 2.19. The van der Waals surface area contributed by atoms with Crippen LogP contribution in [0.5, 0.6) is 0 Å². The number of carbonyl (C=O) groups is 2. The Morgan fingerprint density at radius 3 is 2.08 bits per heavy atom. The van der Waals surface area contributed by atoms with Crippen LogP contribution in [0.15, 0.2) is 59.6 Å². The number of nitrogens with zero attached hydrogens (tertiary/aromatic N) is 3. The maximum Gasteiger partial charge on any atom is 0.414 e. The van der Waals surface area contributed by atoms with Gasteiger partial charge in [0, 0.05) is 19.0 Å². The molecule has 7 nitrogen and oxygen atoms in total. The van der Waals surface area contributed by atoms with E-state index in [0.29, 0.717) is 0 Å². The van der Waals surface area contributed by atoms with Crippen molar-refractivity contribution in [3.63, 3.8) is 0 Å². The zero-order chi connectivity index (χ0) is 26.8. The molecule has 1 aromatic heterocycles. The molecular weight excluding hydrogens is 520 g/mol. The van der Waals surface area contributed by atoms with Crippen LogP contribution >= 0.6 is 23.5 Å². The van der Waals surface area contributed by atoms with E-state index in [0.717, 1.165) is 60.0 Å². The number of rotatable bonds is 8. The summed E-state index contributed by atoms with van der Waals surface area (Å²) in [6.45, 7) is 1.99. The fourth-order valence-electron chi connectivity index (χ4n) is 3.91. The van der Waals surface area contributed by atoms with Gasteiger partial charge in [-0.2, -0.15) is 8.75 Å². The second-order valence-corrected chi connectivity index (χ2v) is 10.0. The third-order valence-corrected chi connectivity index (χ3v) is 7.40. The summed E-state index contributed by atoms with van der Waals surface area (Å²) in [7, 11) is 2.13. The van der Waals surface area contributed by atoms with E-state index in [9.17, 15) is 8.78 Å². The van der Waals surface area contributed by atoms with Crippen molar-refractivity contribution >= 4 is 41.0 Å². The minimum absolute atomic E-state index is 0.101. The molecule has 1 aliphatic rings. The van der Waals surface area contributed by atoms with Gasteiger partial charge in [0.05, 0.1) is 11.7 Å². The number of aromatic nitrogens is 2. The van der Waals surface area contributed by atoms with Crippen molar-refractivity contribution in [2.24, 2.45) is 0 Å². The van der Waals surface area contributed by atoms with Crippen LogP contribution in [0.25, 0.3) is 5.57 Å². The van der Waals surface area contributed by atoms with Gasteiger partial charge in [-0.1, -0.05) is 30.3 Å². The Balaban J connectivity index is 0.000000568. The van der Waals surface area contributed by atoms with Crippen LogP contribution in [0, 0.1) is 11.6 Å². The maximum atomic E-state index is 13.4. The van der Waals surface area contributed by atoms with E-state index < -0.39 is 11.9 Å². The highest BCUT2D eigenvalue weighted by atomic mass is 32.2. The minimum Gasteiger partial charge on any atom is -0.473 e. The predicted octanol–water partition coefficient (Wildman–Crippen LogP) is 5.40. The number of aliphatic carboxylic acids is 2. The van der Waals surface area contributed by atoms with Gasteiger partial charge in [0.1, 0.15) is 22.4 Å². The largest absolute Gasteiger partial charge is 0.473 e. The summed E-state index contributed by atoms with van der Waals surface area (Å²) in [4.78, 5) is 20.5. The van der Waals surface area contributed by atoms with Crippen molar-refractivity contribution in [3.8, 4) is 0 Å². The van der Waals surface area contributed by atoms with Gasteiger partial charge in [0.15, 0.2) is 0 Å². The lowest BCUT2D eigenvalue weighted by Crippen LogP contribution is -2.25. The molecule has 0 radical (unpaired) electrons. The van der Waals surface area contributed by atoms with E-state index >= 15 is 0 Å². The molecular formula is C26H27F2N3O4S2. The average Bonchev–Trinajstić information content (AvgIpc) is 3.35. The Labute approximate surface area is 222 Å². The summed E-state index contributed by atoms with van der Waals surface area (Å²) < 4.78 is 35.9. The monoisotopic (exact) mass is 547 g/mol. The first-order chi connectivity index (χ1) is 17.7. The summed E-state index contributed by atoms with van der Waals surface area (Å²) in [6, 6.07) is 13.3. The molecule has 196 valence electrons. The number of hydrogen-bond acceptors (Lipinski definition) is 7. The number of thioether (sulfide) groups is 1. The van der Waals surface area contributed by atoms with E-state index in [1.807, 2.05) is 24.3 Å². The van der Waals surface area contributed by atoms with Crippen LogP contribution in [0.1, 0.15) is 42.0 Å². The van der Waals surface area contributed by atoms with Gasteiger partial charge < -0.3 is 15.1 Å². The first-order valence-electron chi connectivity index (χ1n) is 11.5. The summed E-state index contributed by atoms with van der Waals surface area (Å²) in [6.07, 6.45) is 5.17. The third-order valence-electron chi connectivity index (χ3n) is 5.71. The first-order valence-corrected chi connectivity index (χ1v) is 13.3. The molecule has 0 bridgehead atoms. The van der Waals surface area contributed by atoms with Gasteiger partial charge in [0.25, 0.3) is 0 Å². The van der Waals surface area contributed by atoms with E-state index in [2.05, 4.69) is 26.8 Å². The molecule has 2 heterocycles. The van der Waals surface area contributed by atoms with Crippen LogP contribution in [0.3, 0.4) is 0 Å². The van der Waals surface area contributed by atoms with Crippen molar-refractivity contribution in [3.05, 3.63) is 83.1 Å². The Bertz CT molecular complexity index is 1160. The molecule has 0 atom stereocenters. The zero-order valence-corrected chi connectivity index (χ0v) is 21.8. The lowest BCUT2D eigenvalue weighted by molar-refractivity contribution is -0.159. The number of benzene rings is 2. The molecule has 4 rings (SSSR count). The molecule has 0 saturated carbocycles. The molecule has 2 N–H and O–H groups in total. The van der Waals surface area contributed by atoms with Crippen molar-refractivity contribution in [1.82, 2.24) is 13.6 Å². The summed E-state index contributed by atoms with van der Waals surface area (Å²) >= 11 is 3.01. The molecule has 3 aromatic rings. The standard InChI is InChI=1S/C24H25F2N3S2.C2H2O4/c1-29-14-2-4-19(16-29)23-24(28-31-27-23)30-15-3-5-22(17-6-10-20(25)11-7-17)18-8-12-21(26)13-9-18;3-1(4)2(5)6/h4,6-13,22H,2-3,5,14-16H2,1H3;(H,3,4)(H,5,6). The molecule has 0 saturated heterocycles. The highest BCUT2D eigenvalue weighted by Crippen LogP contribution is 2.33. The molecule has 37 heavy (non-hydrogen) atoms. The molecule has 1 aliphatic heterocycles. The Hall–Kier alpha value is -3.15. The van der Waals surface area contributed by atoms with E-state index in [1.165, 1.54) is 41.6 Å². The molecule has 0 amide bonds. The van der Waals surface area contributed by atoms with Gasteiger partial charge in [-0.05, 0) is 73.0 Å². The molecule has 0 unspecified atom stereocenters. The van der Waals surface area contributed by atoms with E-state index in [1.54, 1.807) is 11.8 Å². The van der Waals surface area contributed by atoms with Gasteiger partial charge in [-0.15, -0.1) is 11.8 Å². The molecule has 0 fully saturated rings. The average molecular weight is 548 g/mol. The van der Waals surface area contributed by atoms with Crippen LogP contribution in [-0.4, -0.2) is 61.7 Å². The van der Waals surface area contributed by atoms with Gasteiger partial charge >= 0.3 is 11.9 Å². The molecule has 2 aromatic carbocycles. The number of carboxylic acids is 2. The van der Waals surface area contributed by atoms with Crippen LogP contribution < -0.4 is 0 Å². The lowest BCUT2D eigenvalue weighted by Gasteiger charge is -2.22. The lowest BCUT2D eigenvalue weighted by atomic mass is 9.88. The van der Waals surface area contributed by atoms with Gasteiger partial charge in [-0.25, -0.2) is 18.4 Å². The van der Waals surface area contributed by atoms with Crippen LogP contribution in [0.2, 0.25) is 0 Å². The summed E-state index contributed by atoms with van der Waals surface area (Å²) in [5.74, 6) is -3.12. The van der Waals surface area contributed by atoms with Crippen LogP contribution in [0.4, 0.5) is 8.78 Å². The smallest absolute Gasteiger partial charge is 0.414 e. The van der Waals surface area contributed by atoms with Crippen molar-refractivity contribution < 1.29 is 28.6 Å². The Morgan fingerprint density at radius 2 is 1.57 bits per heavy atom. The Kier molecular flexibility index (Phi) is 10.7. The Morgan fingerprint density at radius 1 is 1.00 bits per heavy atom. The predicted molar refractivity (Wildman–Crippen MR) is 140 cm³/mol. The summed E-state index contributed by atoms with van der Waals surface area (Å²) in [5.41, 5.74) is 4.38. The van der Waals surface area contributed by atoms with Crippen LogP contribution in [-0.2, 0) is 9.59 Å². The van der Waals surface area contributed by atoms with Crippen molar-refractivity contribution in [2.45, 2.75) is 30.2 Å². The van der Waals surface area contributed by atoms with Crippen molar-refractivity contribution in [1.29, 1.82) is 0 Å². The number of likely N-dealkylation sites (N-methyl/N-ethyl adjacent to an activating group) is 1. The molecule has 0 spiro atoms. The highest BCUT2D eigenvalue weighted by molar-refractivity contribution is 7.99. The zero-order valence-electron chi connectivity index (χ0n) is 20.1. The molecule has 11 heteroatoms. The minimum atomic E-state index is -1.82. The summed E-state index contributed by atoms with van der Waals surface area (Å²) in [5, 5.41) is 15.8. The third kappa shape index (κ3) is 8.73. The number of hydrogen-bond donors (Lipinski definition) is 2. The number of carboxylic acid groups (broad SMARTS) is 2. The second-order valence-electron chi connectivity index (χ2n) is 8.43. The fraction of sp³-hybridized carbons (Fsp3) is 0.308.